The molecule has 0 aliphatic carbocycles. The third-order valence-corrected chi connectivity index (χ3v) is 5.01. The number of H-pyrrole nitrogens is 2. The van der Waals surface area contributed by atoms with Gasteiger partial charge in [0, 0.05) is 29.4 Å². The molecular weight excluding hydrogens is 390 g/mol. The van der Waals surface area contributed by atoms with Crippen molar-refractivity contribution in [2.75, 3.05) is 0 Å². The Morgan fingerprint density at radius 3 is 2.87 bits per heavy atom. The molecule has 0 bridgehead atoms. The molecule has 0 atom stereocenters. The third-order valence-electron chi connectivity index (χ3n) is 5.01. The Bertz CT molecular complexity index is 1480. The Kier molecular flexibility index (Phi) is 4.47. The van der Waals surface area contributed by atoms with E-state index >= 15 is 0 Å². The van der Waals surface area contributed by atoms with E-state index in [1.54, 1.807) is 24.9 Å². The number of aliphatic imine (C=N–C) groups is 2. The number of allylic oxidation sites excluding steroid dienone is 1. The number of pyridine rings is 2. The van der Waals surface area contributed by atoms with Crippen LogP contribution in [0.15, 0.2) is 59.3 Å². The molecule has 0 aliphatic heterocycles. The van der Waals surface area contributed by atoms with Crippen molar-refractivity contribution in [3.63, 3.8) is 0 Å². The summed E-state index contributed by atoms with van der Waals surface area (Å²) in [6.45, 7) is 7.29. The molecular formula is C22H19N9. The van der Waals surface area contributed by atoms with E-state index in [4.69, 9.17) is 0 Å². The average Bonchev–Trinajstić information content (AvgIpc) is 3.50. The summed E-state index contributed by atoms with van der Waals surface area (Å²) in [6.07, 6.45) is 10.4. The molecule has 0 amide bonds. The highest BCUT2D eigenvalue weighted by Crippen LogP contribution is 2.31. The van der Waals surface area contributed by atoms with Crippen molar-refractivity contribution in [2.45, 2.75) is 13.8 Å². The predicted octanol–water partition coefficient (Wildman–Crippen LogP) is 4.09. The molecule has 9 heteroatoms. The second-order valence-electron chi connectivity index (χ2n) is 7.15. The summed E-state index contributed by atoms with van der Waals surface area (Å²) in [5.41, 5.74) is 6.18. The fourth-order valence-corrected chi connectivity index (χ4v) is 3.51. The summed E-state index contributed by atoms with van der Waals surface area (Å²) in [7, 11) is 0. The Morgan fingerprint density at radius 1 is 1.16 bits per heavy atom. The van der Waals surface area contributed by atoms with Crippen LogP contribution in [0, 0.1) is 6.92 Å². The minimum Gasteiger partial charge on any atom is -0.353 e. The molecule has 0 unspecified atom stereocenters. The Morgan fingerprint density at radius 2 is 2.06 bits per heavy atom. The van der Waals surface area contributed by atoms with Gasteiger partial charge in [-0.3, -0.25) is 19.6 Å². The van der Waals surface area contributed by atoms with Crippen LogP contribution in [0.3, 0.4) is 0 Å². The summed E-state index contributed by atoms with van der Waals surface area (Å²) < 4.78 is 1.92. The zero-order valence-electron chi connectivity index (χ0n) is 17.0. The van der Waals surface area contributed by atoms with Crippen molar-refractivity contribution in [1.82, 2.24) is 34.7 Å². The fourth-order valence-electron chi connectivity index (χ4n) is 3.51. The molecule has 5 aromatic heterocycles. The first-order valence-electron chi connectivity index (χ1n) is 9.62. The predicted molar refractivity (Wildman–Crippen MR) is 123 cm³/mol. The minimum absolute atomic E-state index is 0.809. The second-order valence-corrected chi connectivity index (χ2v) is 7.15. The number of aromatic nitrogens is 7. The van der Waals surface area contributed by atoms with E-state index in [0.717, 1.165) is 56.0 Å². The van der Waals surface area contributed by atoms with E-state index in [1.165, 1.54) is 6.34 Å². The molecule has 31 heavy (non-hydrogen) atoms. The van der Waals surface area contributed by atoms with E-state index in [-0.39, 0.29) is 0 Å². The number of nitrogens with one attached hydrogen (secondary N) is 2. The highest BCUT2D eigenvalue weighted by atomic mass is 15.1. The summed E-state index contributed by atoms with van der Waals surface area (Å²) in [5, 5.41) is 9.55. The number of aryl methyl sites for hydroxylation is 1. The molecule has 5 aromatic rings. The Balaban J connectivity index is 1.62. The lowest BCUT2D eigenvalue weighted by Crippen LogP contribution is -1.94. The zero-order valence-corrected chi connectivity index (χ0v) is 17.0. The van der Waals surface area contributed by atoms with Gasteiger partial charge in [-0.1, -0.05) is 0 Å². The van der Waals surface area contributed by atoms with Gasteiger partial charge in [-0.25, -0.2) is 15.0 Å². The smallest absolute Gasteiger partial charge is 0.147 e. The topological polar surface area (TPSA) is 113 Å². The van der Waals surface area contributed by atoms with Crippen molar-refractivity contribution < 1.29 is 0 Å². The van der Waals surface area contributed by atoms with Gasteiger partial charge >= 0.3 is 0 Å². The van der Waals surface area contributed by atoms with Crippen LogP contribution in [-0.4, -0.2) is 47.8 Å². The first-order valence-corrected chi connectivity index (χ1v) is 9.62. The fraction of sp³-hybridized carbons (Fsp3) is 0.0909. The highest BCUT2D eigenvalue weighted by molar-refractivity contribution is 5.97. The van der Waals surface area contributed by atoms with E-state index in [9.17, 15) is 0 Å². The lowest BCUT2D eigenvalue weighted by atomic mass is 10.1. The molecule has 0 spiro atoms. The van der Waals surface area contributed by atoms with Gasteiger partial charge < -0.3 is 4.98 Å². The molecule has 0 saturated carbocycles. The van der Waals surface area contributed by atoms with Crippen LogP contribution >= 0.6 is 0 Å². The minimum atomic E-state index is 0.809. The second kappa shape index (κ2) is 7.45. The summed E-state index contributed by atoms with van der Waals surface area (Å²) in [6, 6.07) is 6.01. The standard InChI is InChI=1S/C22H19N9/c1-13(8-24-11-23-3)18-6-15-20(9-26-18)29-30-21(15)19-7-16-17(28-19)4-5-25-22(16)31-10-14(2)27-12-31/h4-12,28H,3H2,1-2H3,(H,29,30)/b13-8+,24-11?. The molecule has 152 valence electrons. The highest BCUT2D eigenvalue weighted by Gasteiger charge is 2.15. The summed E-state index contributed by atoms with van der Waals surface area (Å²) >= 11 is 0. The first-order chi connectivity index (χ1) is 15.1. The van der Waals surface area contributed by atoms with Crippen molar-refractivity contribution in [1.29, 1.82) is 0 Å². The molecule has 0 saturated heterocycles. The quantitative estimate of drug-likeness (QED) is 0.336. The molecule has 0 aromatic carbocycles. The lowest BCUT2D eigenvalue weighted by Gasteiger charge is -2.01. The van der Waals surface area contributed by atoms with Gasteiger partial charge in [0.05, 0.1) is 34.3 Å². The molecule has 0 fully saturated rings. The lowest BCUT2D eigenvalue weighted by molar-refractivity contribution is 1.01. The largest absolute Gasteiger partial charge is 0.353 e. The van der Waals surface area contributed by atoms with Gasteiger partial charge in [-0.2, -0.15) is 5.10 Å². The number of aromatic amines is 2. The monoisotopic (exact) mass is 409 g/mol. The van der Waals surface area contributed by atoms with Crippen LogP contribution in [0.5, 0.6) is 0 Å². The van der Waals surface area contributed by atoms with Gasteiger partial charge in [-0.05, 0) is 44.3 Å². The third kappa shape index (κ3) is 3.31. The average molecular weight is 409 g/mol. The van der Waals surface area contributed by atoms with Gasteiger partial charge in [-0.15, -0.1) is 0 Å². The number of fused-ring (bicyclic) bond motifs is 2. The number of nitrogens with zero attached hydrogens (tertiary/aromatic N) is 7. The maximum absolute atomic E-state index is 4.55. The van der Waals surface area contributed by atoms with Gasteiger partial charge in [0.25, 0.3) is 0 Å². The van der Waals surface area contributed by atoms with E-state index in [1.807, 2.05) is 36.7 Å². The zero-order chi connectivity index (χ0) is 21.4. The normalized spacial score (nSPS) is 12.4. The molecule has 2 N–H and O–H groups in total. The molecule has 5 rings (SSSR count). The van der Waals surface area contributed by atoms with E-state index in [0.29, 0.717) is 0 Å². The van der Waals surface area contributed by atoms with Crippen molar-refractivity contribution >= 4 is 40.4 Å². The van der Waals surface area contributed by atoms with Crippen LogP contribution in [0.25, 0.3) is 44.6 Å². The van der Waals surface area contributed by atoms with Crippen LogP contribution in [-0.2, 0) is 0 Å². The van der Waals surface area contributed by atoms with Crippen molar-refractivity contribution in [3.05, 3.63) is 60.7 Å². The van der Waals surface area contributed by atoms with Gasteiger partial charge in [0.1, 0.15) is 24.2 Å². The summed E-state index contributed by atoms with van der Waals surface area (Å²) in [5.74, 6) is 0.815. The number of imidazole rings is 1. The first kappa shape index (κ1) is 18.6. The number of rotatable bonds is 5. The Hall–Kier alpha value is -4.40. The maximum Gasteiger partial charge on any atom is 0.147 e. The molecule has 9 nitrogen and oxygen atoms in total. The Labute approximate surface area is 177 Å². The van der Waals surface area contributed by atoms with Crippen LogP contribution < -0.4 is 0 Å². The number of hydrogen-bond donors (Lipinski definition) is 2. The summed E-state index contributed by atoms with van der Waals surface area (Å²) in [4.78, 5) is 24.5. The molecule has 5 heterocycles. The molecule has 0 aliphatic rings. The van der Waals surface area contributed by atoms with Gasteiger partial charge in [0.2, 0.25) is 0 Å². The molecule has 0 radical (unpaired) electrons. The van der Waals surface area contributed by atoms with Gasteiger partial charge in [0.15, 0.2) is 0 Å². The van der Waals surface area contributed by atoms with E-state index in [2.05, 4.69) is 52.9 Å². The van der Waals surface area contributed by atoms with E-state index < -0.39 is 0 Å². The van der Waals surface area contributed by atoms with Crippen LogP contribution in [0.2, 0.25) is 0 Å². The SMILES string of the molecule is C=NC=N/C=C(\C)c1cc2c(-c3cc4c(-n5cnc(C)c5)nccc4[nH]3)n[nH]c2cn1. The van der Waals surface area contributed by atoms with Crippen LogP contribution in [0.4, 0.5) is 0 Å². The van der Waals surface area contributed by atoms with Crippen molar-refractivity contribution in [2.24, 2.45) is 9.98 Å². The maximum atomic E-state index is 4.55. The van der Waals surface area contributed by atoms with Crippen molar-refractivity contribution in [3.8, 4) is 17.2 Å². The van der Waals surface area contributed by atoms with Crippen LogP contribution in [0.1, 0.15) is 18.3 Å². The number of hydrogen-bond acceptors (Lipinski definition) is 5.